The molecule has 6 heteroatoms. The van der Waals surface area contributed by atoms with Crippen LogP contribution in [-0.4, -0.2) is 35.8 Å². The maximum absolute atomic E-state index is 13.7. The molecule has 0 aromatic heterocycles. The zero-order chi connectivity index (χ0) is 15.4. The molecule has 1 atom stereocenters. The summed E-state index contributed by atoms with van der Waals surface area (Å²) in [5, 5.41) is 2.55. The quantitative estimate of drug-likeness (QED) is 0.932. The van der Waals surface area contributed by atoms with Crippen LogP contribution in [0.4, 0.5) is 4.39 Å². The van der Waals surface area contributed by atoms with Gasteiger partial charge in [0, 0.05) is 13.1 Å². The van der Waals surface area contributed by atoms with Gasteiger partial charge in [0.15, 0.2) is 0 Å². The van der Waals surface area contributed by atoms with E-state index in [1.54, 1.807) is 11.8 Å². The first kappa shape index (κ1) is 15.8. The molecule has 0 radical (unpaired) electrons. The van der Waals surface area contributed by atoms with Crippen LogP contribution in [0, 0.1) is 5.82 Å². The van der Waals surface area contributed by atoms with Crippen molar-refractivity contribution in [3.8, 4) is 0 Å². The van der Waals surface area contributed by atoms with Gasteiger partial charge in [-0.25, -0.2) is 4.39 Å². The first-order valence-electron chi connectivity index (χ1n) is 7.04. The predicted molar refractivity (Wildman–Crippen MR) is 78.8 cm³/mol. The van der Waals surface area contributed by atoms with Crippen molar-refractivity contribution >= 4 is 23.4 Å². The molecule has 1 saturated heterocycles. The van der Waals surface area contributed by atoms with Gasteiger partial charge in [-0.05, 0) is 38.3 Å². The fraction of sp³-hybridized carbons (Fsp3) is 0.467. The fourth-order valence-electron chi connectivity index (χ4n) is 2.43. The third-order valence-electron chi connectivity index (χ3n) is 3.58. The zero-order valence-electron chi connectivity index (χ0n) is 11.9. The molecule has 2 amide bonds. The highest BCUT2D eigenvalue weighted by atomic mass is 35.5. The standard InChI is InChI=1S/C15H18ClFN2O2/c1-10(15(21)19-8-3-2-4-9-19)18-14(20)13-11(16)6-5-7-12(13)17/h5-7,10H,2-4,8-9H2,1H3,(H,18,20)/t10-/m1/s1. The fourth-order valence-corrected chi connectivity index (χ4v) is 2.68. The van der Waals surface area contributed by atoms with Gasteiger partial charge in [0.05, 0.1) is 10.6 Å². The molecule has 1 aromatic rings. The highest BCUT2D eigenvalue weighted by Gasteiger charge is 2.25. The number of nitrogens with one attached hydrogen (secondary N) is 1. The van der Waals surface area contributed by atoms with E-state index in [0.717, 1.165) is 25.3 Å². The van der Waals surface area contributed by atoms with E-state index in [-0.39, 0.29) is 16.5 Å². The first-order valence-corrected chi connectivity index (χ1v) is 7.42. The van der Waals surface area contributed by atoms with Crippen molar-refractivity contribution in [1.82, 2.24) is 10.2 Å². The Hall–Kier alpha value is -1.62. The van der Waals surface area contributed by atoms with E-state index in [1.165, 1.54) is 12.1 Å². The van der Waals surface area contributed by atoms with Crippen LogP contribution in [0.3, 0.4) is 0 Å². The number of likely N-dealkylation sites (tertiary alicyclic amines) is 1. The average molecular weight is 313 g/mol. The zero-order valence-corrected chi connectivity index (χ0v) is 12.6. The van der Waals surface area contributed by atoms with Crippen LogP contribution in [-0.2, 0) is 4.79 Å². The maximum atomic E-state index is 13.7. The van der Waals surface area contributed by atoms with E-state index in [2.05, 4.69) is 5.32 Å². The molecule has 1 N–H and O–H groups in total. The summed E-state index contributed by atoms with van der Waals surface area (Å²) >= 11 is 5.84. The van der Waals surface area contributed by atoms with Gasteiger partial charge in [0.1, 0.15) is 11.9 Å². The van der Waals surface area contributed by atoms with Crippen molar-refractivity contribution < 1.29 is 14.0 Å². The lowest BCUT2D eigenvalue weighted by atomic mass is 10.1. The summed E-state index contributed by atoms with van der Waals surface area (Å²) in [4.78, 5) is 26.0. The Morgan fingerprint density at radius 2 is 1.95 bits per heavy atom. The molecular formula is C15H18ClFN2O2. The first-order chi connectivity index (χ1) is 10.0. The van der Waals surface area contributed by atoms with Crippen molar-refractivity contribution in [1.29, 1.82) is 0 Å². The monoisotopic (exact) mass is 312 g/mol. The van der Waals surface area contributed by atoms with E-state index < -0.39 is 17.8 Å². The Morgan fingerprint density at radius 3 is 2.57 bits per heavy atom. The molecular weight excluding hydrogens is 295 g/mol. The van der Waals surface area contributed by atoms with Gasteiger partial charge in [-0.15, -0.1) is 0 Å². The topological polar surface area (TPSA) is 49.4 Å². The molecule has 1 aromatic carbocycles. The van der Waals surface area contributed by atoms with Crippen LogP contribution in [0.25, 0.3) is 0 Å². The third kappa shape index (κ3) is 3.73. The predicted octanol–water partition coefficient (Wildman–Crippen LogP) is 2.61. The molecule has 4 nitrogen and oxygen atoms in total. The summed E-state index contributed by atoms with van der Waals surface area (Å²) in [6.45, 7) is 3.02. The largest absolute Gasteiger partial charge is 0.341 e. The molecule has 0 bridgehead atoms. The summed E-state index contributed by atoms with van der Waals surface area (Å²) in [5.74, 6) is -1.51. The van der Waals surface area contributed by atoms with Crippen LogP contribution in [0.15, 0.2) is 18.2 Å². The van der Waals surface area contributed by atoms with Gasteiger partial charge >= 0.3 is 0 Å². The number of benzene rings is 1. The van der Waals surface area contributed by atoms with Gasteiger partial charge in [0.25, 0.3) is 5.91 Å². The van der Waals surface area contributed by atoms with Crippen molar-refractivity contribution in [2.75, 3.05) is 13.1 Å². The second kappa shape index (κ2) is 6.89. The van der Waals surface area contributed by atoms with Crippen molar-refractivity contribution in [2.24, 2.45) is 0 Å². The number of carbonyl (C=O) groups excluding carboxylic acids is 2. The highest BCUT2D eigenvalue weighted by Crippen LogP contribution is 2.19. The smallest absolute Gasteiger partial charge is 0.256 e. The van der Waals surface area contributed by atoms with E-state index in [4.69, 9.17) is 11.6 Å². The van der Waals surface area contributed by atoms with E-state index in [9.17, 15) is 14.0 Å². The van der Waals surface area contributed by atoms with Crippen molar-refractivity contribution in [3.63, 3.8) is 0 Å². The molecule has 1 aliphatic rings. The summed E-state index contributed by atoms with van der Waals surface area (Å²) < 4.78 is 13.7. The second-order valence-corrected chi connectivity index (χ2v) is 5.58. The normalized spacial score (nSPS) is 16.4. The van der Waals surface area contributed by atoms with Gasteiger partial charge in [-0.3, -0.25) is 9.59 Å². The lowest BCUT2D eigenvalue weighted by Crippen LogP contribution is -2.48. The Kier molecular flexibility index (Phi) is 5.17. The Balaban J connectivity index is 2.03. The highest BCUT2D eigenvalue weighted by molar-refractivity contribution is 6.33. The Bertz CT molecular complexity index is 524. The molecule has 1 fully saturated rings. The van der Waals surface area contributed by atoms with Crippen molar-refractivity contribution in [2.45, 2.75) is 32.2 Å². The number of rotatable bonds is 3. The third-order valence-corrected chi connectivity index (χ3v) is 3.89. The summed E-state index contributed by atoms with van der Waals surface area (Å²) in [7, 11) is 0. The summed E-state index contributed by atoms with van der Waals surface area (Å²) in [6.07, 6.45) is 3.08. The van der Waals surface area contributed by atoms with Crippen LogP contribution in [0.1, 0.15) is 36.5 Å². The molecule has 0 aliphatic carbocycles. The van der Waals surface area contributed by atoms with Crippen molar-refractivity contribution in [3.05, 3.63) is 34.6 Å². The lowest BCUT2D eigenvalue weighted by Gasteiger charge is -2.29. The molecule has 1 aliphatic heterocycles. The molecule has 2 rings (SSSR count). The van der Waals surface area contributed by atoms with E-state index >= 15 is 0 Å². The number of hydrogen-bond acceptors (Lipinski definition) is 2. The SMILES string of the molecule is C[C@@H](NC(=O)c1c(F)cccc1Cl)C(=O)N1CCCCC1. The maximum Gasteiger partial charge on any atom is 0.256 e. The Labute approximate surface area is 128 Å². The van der Waals surface area contributed by atoms with Crippen LogP contribution in [0.5, 0.6) is 0 Å². The molecule has 114 valence electrons. The summed E-state index contributed by atoms with van der Waals surface area (Å²) in [5.41, 5.74) is -0.225. The Morgan fingerprint density at radius 1 is 1.29 bits per heavy atom. The molecule has 1 heterocycles. The number of carbonyl (C=O) groups is 2. The minimum atomic E-state index is -0.703. The number of hydrogen-bond donors (Lipinski definition) is 1. The molecule has 0 unspecified atom stereocenters. The minimum absolute atomic E-state index is 0.0325. The number of nitrogens with zero attached hydrogens (tertiary/aromatic N) is 1. The number of halogens is 2. The summed E-state index contributed by atoms with van der Waals surface area (Å²) in [6, 6.07) is 3.33. The van der Waals surface area contributed by atoms with Crippen LogP contribution < -0.4 is 5.32 Å². The molecule has 0 spiro atoms. The van der Waals surface area contributed by atoms with Gasteiger partial charge in [-0.1, -0.05) is 17.7 Å². The van der Waals surface area contributed by atoms with Crippen LogP contribution in [0.2, 0.25) is 5.02 Å². The number of piperidine rings is 1. The van der Waals surface area contributed by atoms with Gasteiger partial charge < -0.3 is 10.2 Å². The van der Waals surface area contributed by atoms with E-state index in [0.29, 0.717) is 13.1 Å². The average Bonchev–Trinajstić information content (AvgIpc) is 2.47. The van der Waals surface area contributed by atoms with Gasteiger partial charge in [-0.2, -0.15) is 0 Å². The number of amides is 2. The lowest BCUT2D eigenvalue weighted by molar-refractivity contribution is -0.133. The molecule has 0 saturated carbocycles. The van der Waals surface area contributed by atoms with E-state index in [1.807, 2.05) is 0 Å². The van der Waals surface area contributed by atoms with Gasteiger partial charge in [0.2, 0.25) is 5.91 Å². The second-order valence-electron chi connectivity index (χ2n) is 5.18. The van der Waals surface area contributed by atoms with Crippen LogP contribution >= 0.6 is 11.6 Å². The minimum Gasteiger partial charge on any atom is -0.341 e. The molecule has 21 heavy (non-hydrogen) atoms.